The summed E-state index contributed by atoms with van der Waals surface area (Å²) in [5.41, 5.74) is 10.3. The average Bonchev–Trinajstić information content (AvgIpc) is 3.18. The number of aromatic nitrogens is 7. The Labute approximate surface area is 275 Å². The van der Waals surface area contributed by atoms with Crippen molar-refractivity contribution in [1.82, 2.24) is 34.9 Å². The normalized spacial score (nSPS) is 11.3. The third kappa shape index (κ3) is 4.91. The van der Waals surface area contributed by atoms with Crippen molar-refractivity contribution in [2.45, 2.75) is 0 Å². The molecule has 0 aliphatic carbocycles. The van der Waals surface area contributed by atoms with Gasteiger partial charge in [-0.05, 0) is 71.8 Å². The number of nitrogens with zero attached hydrogens (tertiary/aromatic N) is 7. The average molecular weight is 616 g/mol. The molecule has 0 bridgehead atoms. The van der Waals surface area contributed by atoms with Crippen molar-refractivity contribution in [2.75, 3.05) is 0 Å². The van der Waals surface area contributed by atoms with Crippen LogP contribution in [0.4, 0.5) is 0 Å². The van der Waals surface area contributed by atoms with Crippen molar-refractivity contribution < 1.29 is 0 Å². The second-order valence-electron chi connectivity index (χ2n) is 11.4. The summed E-state index contributed by atoms with van der Waals surface area (Å²) in [6.45, 7) is 0. The van der Waals surface area contributed by atoms with Gasteiger partial charge in [-0.2, -0.15) is 0 Å². The van der Waals surface area contributed by atoms with Gasteiger partial charge in [0.15, 0.2) is 5.82 Å². The van der Waals surface area contributed by atoms with E-state index in [1.54, 1.807) is 18.6 Å². The van der Waals surface area contributed by atoms with Crippen molar-refractivity contribution in [3.05, 3.63) is 152 Å². The van der Waals surface area contributed by atoms with Crippen LogP contribution in [0.25, 0.3) is 89.4 Å². The Balaban J connectivity index is 1.20. The van der Waals surface area contributed by atoms with E-state index in [4.69, 9.17) is 19.9 Å². The van der Waals surface area contributed by atoms with E-state index in [1.807, 2.05) is 72.8 Å². The molecule has 0 aliphatic rings. The quantitative estimate of drug-likeness (QED) is 0.178. The molecule has 0 unspecified atom stereocenters. The van der Waals surface area contributed by atoms with Crippen molar-refractivity contribution in [3.63, 3.8) is 0 Å². The van der Waals surface area contributed by atoms with Gasteiger partial charge in [0.2, 0.25) is 0 Å². The first-order valence-corrected chi connectivity index (χ1v) is 15.6. The lowest BCUT2D eigenvalue weighted by Gasteiger charge is -2.13. The van der Waals surface area contributed by atoms with Crippen molar-refractivity contribution in [1.29, 1.82) is 0 Å². The van der Waals surface area contributed by atoms with Gasteiger partial charge in [-0.1, -0.05) is 72.8 Å². The zero-order chi connectivity index (χ0) is 31.9. The van der Waals surface area contributed by atoms with Gasteiger partial charge >= 0.3 is 0 Å². The van der Waals surface area contributed by atoms with Crippen LogP contribution in [0.1, 0.15) is 0 Å². The molecule has 7 heteroatoms. The molecule has 3 aromatic carbocycles. The van der Waals surface area contributed by atoms with Gasteiger partial charge in [0, 0.05) is 40.3 Å². The summed E-state index contributed by atoms with van der Waals surface area (Å²) in [5, 5.41) is 2.99. The fourth-order valence-electron chi connectivity index (χ4n) is 6.15. The third-order valence-electron chi connectivity index (χ3n) is 8.44. The highest BCUT2D eigenvalue weighted by Gasteiger charge is 2.17. The van der Waals surface area contributed by atoms with E-state index < -0.39 is 0 Å². The van der Waals surface area contributed by atoms with E-state index in [2.05, 4.69) is 75.6 Å². The monoisotopic (exact) mass is 615 g/mol. The van der Waals surface area contributed by atoms with E-state index in [0.29, 0.717) is 11.5 Å². The van der Waals surface area contributed by atoms with Gasteiger partial charge in [-0.15, -0.1) is 0 Å². The number of benzene rings is 3. The van der Waals surface area contributed by atoms with Crippen molar-refractivity contribution in [2.24, 2.45) is 0 Å². The molecule has 0 N–H and O–H groups in total. The van der Waals surface area contributed by atoms with E-state index in [9.17, 15) is 0 Å². The second kappa shape index (κ2) is 11.6. The third-order valence-corrected chi connectivity index (χ3v) is 8.44. The standard InChI is InChI=1S/C41H25N7/c1-4-22-42-32(12-1)33-21-19-27-17-16-26-18-20-31(45-38(26)39(27)46-33)29-10-7-9-28(25-29)30-11-8-15-34-37(30)40(35-13-2-5-23-43-35)48-41(47-34)36-14-3-6-24-44-36/h1-25H. The molecule has 48 heavy (non-hydrogen) atoms. The van der Waals surface area contributed by atoms with Crippen LogP contribution in [0.15, 0.2) is 152 Å². The van der Waals surface area contributed by atoms with Gasteiger partial charge in [0.25, 0.3) is 0 Å². The van der Waals surface area contributed by atoms with E-state index >= 15 is 0 Å². The molecule has 0 radical (unpaired) electrons. The molecule has 6 heterocycles. The number of pyridine rings is 5. The van der Waals surface area contributed by atoms with Crippen LogP contribution in [0.3, 0.4) is 0 Å². The summed E-state index contributed by atoms with van der Waals surface area (Å²) in [5.74, 6) is 0.557. The lowest BCUT2D eigenvalue weighted by molar-refractivity contribution is 1.16. The number of rotatable bonds is 5. The van der Waals surface area contributed by atoms with Crippen LogP contribution < -0.4 is 0 Å². The van der Waals surface area contributed by atoms with Crippen LogP contribution in [-0.4, -0.2) is 34.9 Å². The SMILES string of the molecule is c1ccc(-c2ccc3ccc4ccc(-c5cccc(-c6cccc7nc(-c8ccccn8)nc(-c8ccccn8)c67)c5)nc4c3n2)nc1. The van der Waals surface area contributed by atoms with E-state index in [0.717, 1.165) is 77.9 Å². The van der Waals surface area contributed by atoms with Crippen molar-refractivity contribution >= 4 is 32.7 Å². The fourth-order valence-corrected chi connectivity index (χ4v) is 6.15. The molecule has 6 aromatic heterocycles. The Bertz CT molecular complexity index is 2610. The summed E-state index contributed by atoms with van der Waals surface area (Å²) >= 11 is 0. The van der Waals surface area contributed by atoms with Gasteiger partial charge in [-0.25, -0.2) is 19.9 Å². The summed E-state index contributed by atoms with van der Waals surface area (Å²) in [6, 6.07) is 44.6. The Morgan fingerprint density at radius 3 is 1.69 bits per heavy atom. The predicted molar refractivity (Wildman–Crippen MR) is 191 cm³/mol. The molecule has 9 rings (SSSR count). The molecular weight excluding hydrogens is 591 g/mol. The number of hydrogen-bond acceptors (Lipinski definition) is 7. The maximum atomic E-state index is 5.19. The summed E-state index contributed by atoms with van der Waals surface area (Å²) in [4.78, 5) is 33.9. The summed E-state index contributed by atoms with van der Waals surface area (Å²) in [6.07, 6.45) is 5.33. The second-order valence-corrected chi connectivity index (χ2v) is 11.4. The Morgan fingerprint density at radius 2 is 0.979 bits per heavy atom. The summed E-state index contributed by atoms with van der Waals surface area (Å²) < 4.78 is 0. The highest BCUT2D eigenvalue weighted by Crippen LogP contribution is 2.37. The molecule has 7 nitrogen and oxygen atoms in total. The first kappa shape index (κ1) is 27.6. The van der Waals surface area contributed by atoms with E-state index in [-0.39, 0.29) is 0 Å². The zero-order valence-corrected chi connectivity index (χ0v) is 25.6. The molecular formula is C41H25N7. The molecule has 0 atom stereocenters. The maximum absolute atomic E-state index is 5.19. The smallest absolute Gasteiger partial charge is 0.179 e. The van der Waals surface area contributed by atoms with Gasteiger partial charge < -0.3 is 0 Å². The molecule has 224 valence electrons. The van der Waals surface area contributed by atoms with Crippen LogP contribution in [0, 0.1) is 0 Å². The van der Waals surface area contributed by atoms with Gasteiger partial charge in [0.1, 0.15) is 11.4 Å². The lowest BCUT2D eigenvalue weighted by Crippen LogP contribution is -1.99. The Morgan fingerprint density at radius 1 is 0.375 bits per heavy atom. The van der Waals surface area contributed by atoms with Crippen LogP contribution in [-0.2, 0) is 0 Å². The van der Waals surface area contributed by atoms with Crippen LogP contribution >= 0.6 is 0 Å². The lowest BCUT2D eigenvalue weighted by atomic mass is 9.96. The first-order chi connectivity index (χ1) is 23.8. The maximum Gasteiger partial charge on any atom is 0.179 e. The summed E-state index contributed by atoms with van der Waals surface area (Å²) in [7, 11) is 0. The molecule has 0 fully saturated rings. The highest BCUT2D eigenvalue weighted by molar-refractivity contribution is 6.05. The minimum Gasteiger partial charge on any atom is -0.255 e. The Kier molecular flexibility index (Phi) is 6.64. The first-order valence-electron chi connectivity index (χ1n) is 15.6. The minimum atomic E-state index is 0.557. The fraction of sp³-hybridized carbons (Fsp3) is 0. The molecule has 9 aromatic rings. The van der Waals surface area contributed by atoms with E-state index in [1.165, 1.54) is 0 Å². The predicted octanol–water partition coefficient (Wildman–Crippen LogP) is 9.25. The highest BCUT2D eigenvalue weighted by atomic mass is 14.9. The largest absolute Gasteiger partial charge is 0.255 e. The minimum absolute atomic E-state index is 0.557. The number of fused-ring (bicyclic) bond motifs is 4. The van der Waals surface area contributed by atoms with Gasteiger partial charge in [0.05, 0.1) is 39.3 Å². The molecule has 0 amide bonds. The van der Waals surface area contributed by atoms with Crippen LogP contribution in [0.5, 0.6) is 0 Å². The van der Waals surface area contributed by atoms with Gasteiger partial charge in [-0.3, -0.25) is 15.0 Å². The molecule has 0 aliphatic heterocycles. The molecule has 0 spiro atoms. The topological polar surface area (TPSA) is 90.2 Å². The zero-order valence-electron chi connectivity index (χ0n) is 25.6. The molecule has 0 saturated carbocycles. The van der Waals surface area contributed by atoms with Crippen molar-refractivity contribution in [3.8, 4) is 56.7 Å². The Hall–Kier alpha value is -6.73. The molecule has 0 saturated heterocycles. The van der Waals surface area contributed by atoms with Crippen LogP contribution in [0.2, 0.25) is 0 Å². The number of hydrogen-bond donors (Lipinski definition) is 0.